The van der Waals surface area contributed by atoms with Crippen LogP contribution in [0.25, 0.3) is 10.6 Å². The zero-order valence-corrected chi connectivity index (χ0v) is 15.6. The van der Waals surface area contributed by atoms with Crippen LogP contribution in [0, 0.1) is 11.3 Å². The maximum Gasteiger partial charge on any atom is 0.133 e. The molecule has 3 N–H and O–H groups in total. The number of amidine groups is 1. The number of nitrogens with two attached hydrogens (primary N) is 1. The molecule has 0 unspecified atom stereocenters. The van der Waals surface area contributed by atoms with Crippen molar-refractivity contribution in [3.05, 3.63) is 22.0 Å². The van der Waals surface area contributed by atoms with Crippen molar-refractivity contribution >= 4 is 52.7 Å². The number of rotatable bonds is 6. The molecule has 21 heavy (non-hydrogen) atoms. The molecule has 2 aromatic rings. The Hall–Kier alpha value is -0.560. The smallest absolute Gasteiger partial charge is 0.133 e. The Morgan fingerprint density at radius 3 is 2.76 bits per heavy atom. The first-order valence-electron chi connectivity index (χ1n) is 6.48. The molecule has 7 heteroatoms. The normalized spacial score (nSPS) is 10.7. The van der Waals surface area contributed by atoms with Crippen LogP contribution in [0.15, 0.2) is 15.7 Å². The van der Waals surface area contributed by atoms with Gasteiger partial charge in [0.15, 0.2) is 0 Å². The van der Waals surface area contributed by atoms with Crippen LogP contribution in [0.5, 0.6) is 0 Å². The number of aromatic nitrogens is 1. The highest BCUT2D eigenvalue weighted by molar-refractivity contribution is 8.00. The van der Waals surface area contributed by atoms with Gasteiger partial charge in [-0.1, -0.05) is 13.8 Å². The van der Waals surface area contributed by atoms with Gasteiger partial charge in [-0.15, -0.1) is 46.8 Å². The molecule has 116 valence electrons. The SMILES string of the molecule is CSc1sc(C(=N)N)cc1-c1nc(CCC(C)C)cs1.Cl. The quantitative estimate of drug-likeness (QED) is 0.437. The number of nitrogen functional groups attached to an aromatic ring is 1. The summed E-state index contributed by atoms with van der Waals surface area (Å²) in [5.74, 6) is 0.834. The fourth-order valence-corrected chi connectivity index (χ4v) is 4.53. The molecule has 0 spiro atoms. The number of thiazole rings is 1. The molecule has 0 amide bonds. The zero-order chi connectivity index (χ0) is 14.7. The lowest BCUT2D eigenvalue weighted by molar-refractivity contribution is 0.582. The summed E-state index contributed by atoms with van der Waals surface area (Å²) in [7, 11) is 0. The van der Waals surface area contributed by atoms with E-state index in [-0.39, 0.29) is 18.2 Å². The summed E-state index contributed by atoms with van der Waals surface area (Å²) in [5, 5.41) is 10.7. The van der Waals surface area contributed by atoms with Crippen molar-refractivity contribution in [3.63, 3.8) is 0 Å². The van der Waals surface area contributed by atoms with Crippen molar-refractivity contribution in [2.45, 2.75) is 30.9 Å². The summed E-state index contributed by atoms with van der Waals surface area (Å²) in [6, 6.07) is 1.99. The summed E-state index contributed by atoms with van der Waals surface area (Å²) >= 11 is 4.94. The predicted molar refractivity (Wildman–Crippen MR) is 98.6 cm³/mol. The monoisotopic (exact) mass is 361 g/mol. The number of nitrogens with zero attached hydrogens (tertiary/aromatic N) is 1. The number of hydrogen-bond acceptors (Lipinski definition) is 5. The average Bonchev–Trinajstić information content (AvgIpc) is 3.02. The molecule has 0 aliphatic rings. The van der Waals surface area contributed by atoms with E-state index < -0.39 is 0 Å². The number of thiophene rings is 1. The molecule has 0 aliphatic carbocycles. The maximum absolute atomic E-state index is 7.56. The van der Waals surface area contributed by atoms with Gasteiger partial charge >= 0.3 is 0 Å². The lowest BCUT2D eigenvalue weighted by atomic mass is 10.1. The van der Waals surface area contributed by atoms with Gasteiger partial charge in [-0.3, -0.25) is 5.41 Å². The summed E-state index contributed by atoms with van der Waals surface area (Å²) in [6.07, 6.45) is 4.25. The van der Waals surface area contributed by atoms with Crippen molar-refractivity contribution in [2.75, 3.05) is 6.26 Å². The third-order valence-electron chi connectivity index (χ3n) is 2.91. The number of thioether (sulfide) groups is 1. The summed E-state index contributed by atoms with van der Waals surface area (Å²) in [5.41, 5.74) is 7.87. The van der Waals surface area contributed by atoms with Crippen LogP contribution >= 0.6 is 46.8 Å². The van der Waals surface area contributed by atoms with E-state index in [4.69, 9.17) is 16.1 Å². The minimum Gasteiger partial charge on any atom is -0.383 e. The van der Waals surface area contributed by atoms with Crippen LogP contribution in [0.1, 0.15) is 30.8 Å². The lowest BCUT2D eigenvalue weighted by Gasteiger charge is -2.00. The van der Waals surface area contributed by atoms with Gasteiger partial charge in [0.25, 0.3) is 0 Å². The highest BCUT2D eigenvalue weighted by Crippen LogP contribution is 2.39. The third-order valence-corrected chi connectivity index (χ3v) is 6.14. The highest BCUT2D eigenvalue weighted by atomic mass is 35.5. The van der Waals surface area contributed by atoms with Crippen molar-refractivity contribution in [2.24, 2.45) is 11.7 Å². The highest BCUT2D eigenvalue weighted by Gasteiger charge is 2.15. The molecule has 0 saturated carbocycles. The Kier molecular flexibility index (Phi) is 7.20. The largest absolute Gasteiger partial charge is 0.383 e. The van der Waals surface area contributed by atoms with Crippen LogP contribution in [0.3, 0.4) is 0 Å². The Bertz CT molecular complexity index is 604. The average molecular weight is 362 g/mol. The van der Waals surface area contributed by atoms with E-state index in [2.05, 4.69) is 19.2 Å². The molecule has 2 rings (SSSR count). The van der Waals surface area contributed by atoms with Gasteiger partial charge in [-0.25, -0.2) is 4.98 Å². The lowest BCUT2D eigenvalue weighted by Crippen LogP contribution is -2.08. The minimum atomic E-state index is 0. The van der Waals surface area contributed by atoms with Gasteiger partial charge in [-0.2, -0.15) is 0 Å². The standard InChI is InChI=1S/C14H19N3S3.ClH/c1-8(2)4-5-9-7-19-13(17-9)10-6-11(12(15)16)20-14(10)18-3;/h6-8H,4-5H2,1-3H3,(H3,15,16);1H. The van der Waals surface area contributed by atoms with E-state index in [9.17, 15) is 0 Å². The first kappa shape index (κ1) is 18.5. The van der Waals surface area contributed by atoms with E-state index in [1.54, 1.807) is 34.4 Å². The number of hydrogen-bond donors (Lipinski definition) is 2. The van der Waals surface area contributed by atoms with Crippen LogP contribution in [-0.2, 0) is 6.42 Å². The molecule has 0 radical (unpaired) electrons. The molecule has 2 aromatic heterocycles. The second kappa shape index (κ2) is 8.17. The zero-order valence-electron chi connectivity index (χ0n) is 12.3. The van der Waals surface area contributed by atoms with Crippen LogP contribution in [-0.4, -0.2) is 17.1 Å². The van der Waals surface area contributed by atoms with Crippen molar-refractivity contribution < 1.29 is 0 Å². The van der Waals surface area contributed by atoms with E-state index in [0.29, 0.717) is 5.92 Å². The Labute approximate surface area is 144 Å². The summed E-state index contributed by atoms with van der Waals surface area (Å²) in [6.45, 7) is 4.47. The van der Waals surface area contributed by atoms with Gasteiger partial charge in [0.2, 0.25) is 0 Å². The van der Waals surface area contributed by atoms with Crippen molar-refractivity contribution in [1.82, 2.24) is 4.98 Å². The number of aryl methyl sites for hydroxylation is 1. The van der Waals surface area contributed by atoms with Crippen LogP contribution in [0.4, 0.5) is 0 Å². The van der Waals surface area contributed by atoms with Crippen LogP contribution < -0.4 is 5.73 Å². The van der Waals surface area contributed by atoms with Gasteiger partial charge in [0, 0.05) is 10.9 Å². The van der Waals surface area contributed by atoms with Gasteiger partial charge < -0.3 is 5.73 Å². The Morgan fingerprint density at radius 1 is 1.48 bits per heavy atom. The topological polar surface area (TPSA) is 62.8 Å². The molecule has 0 fully saturated rings. The maximum atomic E-state index is 7.56. The summed E-state index contributed by atoms with van der Waals surface area (Å²) < 4.78 is 1.18. The molecule has 0 atom stereocenters. The van der Waals surface area contributed by atoms with Crippen LogP contribution in [0.2, 0.25) is 0 Å². The molecule has 2 heterocycles. The second-order valence-electron chi connectivity index (χ2n) is 5.01. The van der Waals surface area contributed by atoms with Crippen molar-refractivity contribution in [3.8, 4) is 10.6 Å². The summed E-state index contributed by atoms with van der Waals surface area (Å²) in [4.78, 5) is 5.56. The first-order chi connectivity index (χ1) is 9.51. The molecular weight excluding hydrogens is 342 g/mol. The van der Waals surface area contributed by atoms with E-state index in [1.165, 1.54) is 16.3 Å². The Morgan fingerprint density at radius 2 is 2.19 bits per heavy atom. The van der Waals surface area contributed by atoms with Gasteiger partial charge in [0.05, 0.1) is 14.8 Å². The number of nitrogens with one attached hydrogen (secondary N) is 1. The fourth-order valence-electron chi connectivity index (χ4n) is 1.79. The van der Waals surface area contributed by atoms with Gasteiger partial charge in [0.1, 0.15) is 10.8 Å². The molecular formula is C14H20ClN3S3. The second-order valence-corrected chi connectivity index (χ2v) is 7.99. The van der Waals surface area contributed by atoms with E-state index in [1.807, 2.05) is 12.3 Å². The van der Waals surface area contributed by atoms with E-state index in [0.717, 1.165) is 21.9 Å². The molecule has 0 saturated heterocycles. The molecule has 0 aliphatic heterocycles. The van der Waals surface area contributed by atoms with Gasteiger partial charge in [-0.05, 0) is 31.1 Å². The first-order valence-corrected chi connectivity index (χ1v) is 9.40. The molecule has 3 nitrogen and oxygen atoms in total. The Balaban J connectivity index is 0.00000220. The van der Waals surface area contributed by atoms with Crippen molar-refractivity contribution in [1.29, 1.82) is 5.41 Å². The third kappa shape index (κ3) is 4.71. The molecule has 0 aromatic carbocycles. The predicted octanol–water partition coefficient (Wildman–Crippen LogP) is 4.89. The minimum absolute atomic E-state index is 0. The van der Waals surface area contributed by atoms with E-state index >= 15 is 0 Å². The number of halogens is 1. The molecule has 0 bridgehead atoms. The fraction of sp³-hybridized carbons (Fsp3) is 0.429.